The third kappa shape index (κ3) is 45.4. The molecule has 61 heavy (non-hydrogen) atoms. The van der Waals surface area contributed by atoms with Gasteiger partial charge in [-0.05, 0) is 96.3 Å². The minimum Gasteiger partial charge on any atom is -0.481 e. The van der Waals surface area contributed by atoms with Gasteiger partial charge in [0.1, 0.15) is 12.2 Å². The van der Waals surface area contributed by atoms with Crippen LogP contribution in [0.15, 0.2) is 36.5 Å². The Morgan fingerprint density at radius 1 is 0.393 bits per heavy atom. The number of ether oxygens (including phenoxy) is 2. The number of esters is 2. The van der Waals surface area contributed by atoms with Crippen molar-refractivity contribution in [2.45, 2.75) is 289 Å². The van der Waals surface area contributed by atoms with Crippen LogP contribution in [-0.2, 0) is 23.9 Å². The minimum atomic E-state index is -0.705. The number of carbonyl (C=O) groups is 3. The fraction of sp³-hybridized carbons (Fsp3) is 0.833. The van der Waals surface area contributed by atoms with Crippen LogP contribution in [0.25, 0.3) is 0 Å². The Balaban J connectivity index is 4.25. The van der Waals surface area contributed by atoms with Crippen LogP contribution >= 0.6 is 0 Å². The predicted molar refractivity (Wildman–Crippen MR) is 258 cm³/mol. The fourth-order valence-electron chi connectivity index (χ4n) is 7.76. The van der Waals surface area contributed by atoms with Crippen molar-refractivity contribution in [2.75, 3.05) is 0 Å². The molecule has 0 unspecified atom stereocenters. The lowest BCUT2D eigenvalue weighted by Crippen LogP contribution is -2.17. The molecule has 0 aromatic carbocycles. The summed E-state index contributed by atoms with van der Waals surface area (Å²) in [6.07, 6.45) is 52.8. The largest absolute Gasteiger partial charge is 0.481 e. The van der Waals surface area contributed by atoms with Crippen LogP contribution in [0.4, 0.5) is 0 Å². The number of allylic oxidation sites excluding steroid dienone is 3. The van der Waals surface area contributed by atoms with Crippen molar-refractivity contribution in [2.24, 2.45) is 0 Å². The van der Waals surface area contributed by atoms with E-state index in [9.17, 15) is 19.5 Å². The summed E-state index contributed by atoms with van der Waals surface area (Å²) in [6.45, 7) is 6.65. The Bertz CT molecular complexity index is 1070. The quantitative estimate of drug-likeness (QED) is 0.0356. The Kier molecular flexibility index (Phi) is 45.2. The van der Waals surface area contributed by atoms with E-state index in [2.05, 4.69) is 57.2 Å². The number of aliphatic carboxylic acids is 1. The maximum Gasteiger partial charge on any atom is 0.306 e. The highest BCUT2D eigenvalue weighted by Crippen LogP contribution is 2.18. The van der Waals surface area contributed by atoms with Crippen LogP contribution in [0.1, 0.15) is 271 Å². The van der Waals surface area contributed by atoms with E-state index < -0.39 is 5.97 Å². The third-order valence-electron chi connectivity index (χ3n) is 11.7. The number of aliphatic hydroxyl groups excluding tert-OH is 1. The molecule has 0 heterocycles. The van der Waals surface area contributed by atoms with Crippen molar-refractivity contribution in [3.8, 4) is 0 Å². The Hall–Kier alpha value is -2.41. The van der Waals surface area contributed by atoms with Crippen LogP contribution in [0.3, 0.4) is 0 Å². The number of carboxylic acids is 1. The molecule has 0 saturated heterocycles. The van der Waals surface area contributed by atoms with E-state index in [1.165, 1.54) is 70.6 Å². The van der Waals surface area contributed by atoms with Crippen molar-refractivity contribution in [3.63, 3.8) is 0 Å². The second-order valence-electron chi connectivity index (χ2n) is 17.9. The van der Waals surface area contributed by atoms with Gasteiger partial charge in [-0.3, -0.25) is 14.4 Å². The number of unbranched alkanes of at least 4 members (excludes halogenated alkanes) is 24. The fourth-order valence-corrected chi connectivity index (χ4v) is 7.76. The van der Waals surface area contributed by atoms with Crippen molar-refractivity contribution in [1.82, 2.24) is 0 Å². The first kappa shape index (κ1) is 58.6. The van der Waals surface area contributed by atoms with Gasteiger partial charge in [0.05, 0.1) is 6.10 Å². The van der Waals surface area contributed by atoms with Crippen molar-refractivity contribution < 1.29 is 34.1 Å². The van der Waals surface area contributed by atoms with E-state index in [1.54, 1.807) is 0 Å². The number of rotatable bonds is 47. The first-order chi connectivity index (χ1) is 29.8. The number of aliphatic hydroxyl groups is 1. The predicted octanol–water partition coefficient (Wildman–Crippen LogP) is 16.2. The van der Waals surface area contributed by atoms with Crippen molar-refractivity contribution >= 4 is 17.9 Å². The van der Waals surface area contributed by atoms with Gasteiger partial charge in [0.2, 0.25) is 0 Å². The zero-order valence-corrected chi connectivity index (χ0v) is 40.2. The highest BCUT2D eigenvalue weighted by molar-refractivity contribution is 5.69. The van der Waals surface area contributed by atoms with E-state index in [-0.39, 0.29) is 36.7 Å². The van der Waals surface area contributed by atoms with Gasteiger partial charge in [-0.25, -0.2) is 0 Å². The Morgan fingerprint density at radius 2 is 0.721 bits per heavy atom. The van der Waals surface area contributed by atoms with Gasteiger partial charge in [-0.15, -0.1) is 0 Å². The topological polar surface area (TPSA) is 110 Å². The first-order valence-electron chi connectivity index (χ1n) is 26.1. The smallest absolute Gasteiger partial charge is 0.306 e. The van der Waals surface area contributed by atoms with E-state index in [0.717, 1.165) is 161 Å². The summed E-state index contributed by atoms with van der Waals surface area (Å²) < 4.78 is 11.9. The lowest BCUT2D eigenvalue weighted by Gasteiger charge is -2.17. The van der Waals surface area contributed by atoms with Crippen molar-refractivity contribution in [1.29, 1.82) is 0 Å². The molecule has 0 aliphatic carbocycles. The molecule has 0 fully saturated rings. The highest BCUT2D eigenvalue weighted by atomic mass is 16.5. The van der Waals surface area contributed by atoms with Gasteiger partial charge >= 0.3 is 17.9 Å². The Labute approximate surface area is 376 Å². The van der Waals surface area contributed by atoms with Gasteiger partial charge in [0.25, 0.3) is 0 Å². The molecule has 7 heteroatoms. The molecule has 0 aliphatic heterocycles. The molecule has 0 spiro atoms. The summed E-state index contributed by atoms with van der Waals surface area (Å²) >= 11 is 0. The molecule has 0 radical (unpaired) electrons. The molecule has 7 nitrogen and oxygen atoms in total. The standard InChI is InChI=1S/C54H98O7/c1-4-7-10-31-40-49(55)41-32-25-19-13-17-23-29-38-47-53(58)61-51(43-34-12-9-6-3)45-36-27-21-15-18-24-30-39-48-54(59)60-50(42-33-11-8-5-2)44-35-26-20-14-16-22-28-37-46-52(56)57/h25-27,32,35-36,49-51,55H,4-24,28-31,33-34,37-48H2,1-3H3,(H,56,57)/b32-25-,35-26-,36-27-/t49-,50-,51-/m1/s1. The van der Waals surface area contributed by atoms with Crippen LogP contribution in [-0.4, -0.2) is 46.4 Å². The van der Waals surface area contributed by atoms with Crippen LogP contribution in [0.2, 0.25) is 0 Å². The monoisotopic (exact) mass is 859 g/mol. The number of carbonyl (C=O) groups excluding carboxylic acids is 2. The van der Waals surface area contributed by atoms with Gasteiger partial charge in [0.15, 0.2) is 0 Å². The van der Waals surface area contributed by atoms with Crippen LogP contribution in [0.5, 0.6) is 0 Å². The molecule has 0 aliphatic rings. The van der Waals surface area contributed by atoms with Crippen LogP contribution in [0, 0.1) is 0 Å². The molecule has 0 saturated carbocycles. The third-order valence-corrected chi connectivity index (χ3v) is 11.7. The number of carboxylic acid groups (broad SMARTS) is 1. The summed E-state index contributed by atoms with van der Waals surface area (Å²) in [4.78, 5) is 36.1. The summed E-state index contributed by atoms with van der Waals surface area (Å²) in [6, 6.07) is 0. The maximum absolute atomic E-state index is 12.7. The van der Waals surface area contributed by atoms with E-state index in [0.29, 0.717) is 12.8 Å². The summed E-state index contributed by atoms with van der Waals surface area (Å²) in [7, 11) is 0. The van der Waals surface area contributed by atoms with Crippen LogP contribution < -0.4 is 0 Å². The second-order valence-corrected chi connectivity index (χ2v) is 17.9. The summed E-state index contributed by atoms with van der Waals surface area (Å²) in [5.74, 6) is -0.803. The van der Waals surface area contributed by atoms with E-state index in [1.807, 2.05) is 0 Å². The zero-order valence-electron chi connectivity index (χ0n) is 40.2. The lowest BCUT2D eigenvalue weighted by atomic mass is 10.0. The molecule has 2 N–H and O–H groups in total. The molecule has 0 amide bonds. The summed E-state index contributed by atoms with van der Waals surface area (Å²) in [5, 5.41) is 18.9. The SMILES string of the molecule is CCCCCC[C@@H](O)C/C=C\CCCCCCCC(=O)O[C@@H](C/C=C\CCCCCCCC(=O)O[C@@H](C/C=C\CCCCCCCC(=O)O)CCCCCC)CCCCCC. The lowest BCUT2D eigenvalue weighted by molar-refractivity contribution is -0.150. The molecule has 0 rings (SSSR count). The van der Waals surface area contributed by atoms with Gasteiger partial charge < -0.3 is 19.7 Å². The molecule has 0 aromatic rings. The molecule has 3 atom stereocenters. The van der Waals surface area contributed by atoms with Gasteiger partial charge in [-0.1, -0.05) is 179 Å². The van der Waals surface area contributed by atoms with Gasteiger partial charge in [-0.2, -0.15) is 0 Å². The van der Waals surface area contributed by atoms with E-state index >= 15 is 0 Å². The number of hydrogen-bond donors (Lipinski definition) is 2. The first-order valence-corrected chi connectivity index (χ1v) is 26.1. The molecule has 0 bridgehead atoms. The average molecular weight is 859 g/mol. The average Bonchev–Trinajstić information content (AvgIpc) is 3.24. The number of hydrogen-bond acceptors (Lipinski definition) is 6. The Morgan fingerprint density at radius 3 is 1.11 bits per heavy atom. The molecular weight excluding hydrogens is 761 g/mol. The normalized spacial score (nSPS) is 13.4. The van der Waals surface area contributed by atoms with Crippen molar-refractivity contribution in [3.05, 3.63) is 36.5 Å². The minimum absolute atomic E-state index is 0.0202. The molecular formula is C54H98O7. The zero-order chi connectivity index (χ0) is 44.7. The highest BCUT2D eigenvalue weighted by Gasteiger charge is 2.14. The maximum atomic E-state index is 12.7. The van der Waals surface area contributed by atoms with E-state index in [4.69, 9.17) is 14.6 Å². The molecule has 356 valence electrons. The summed E-state index contributed by atoms with van der Waals surface area (Å²) in [5.41, 5.74) is 0. The second kappa shape index (κ2) is 47.1. The molecule has 0 aromatic heterocycles. The van der Waals surface area contributed by atoms with Gasteiger partial charge in [0, 0.05) is 32.1 Å².